The Kier molecular flexibility index (Phi) is 3.02. The number of hydrogen-bond donors (Lipinski definition) is 2. The second kappa shape index (κ2) is 5.02. The van der Waals surface area contributed by atoms with Gasteiger partial charge in [-0.15, -0.1) is 0 Å². The molecule has 0 atom stereocenters. The van der Waals surface area contributed by atoms with Crippen LogP contribution in [-0.4, -0.2) is 13.7 Å². The first-order valence-electron chi connectivity index (χ1n) is 6.52. The second-order valence-corrected chi connectivity index (χ2v) is 5.70. The van der Waals surface area contributed by atoms with Crippen molar-refractivity contribution in [3.63, 3.8) is 0 Å². The summed E-state index contributed by atoms with van der Waals surface area (Å²) in [5.74, 6) is 0. The Hall–Kier alpha value is -2.11. The Morgan fingerprint density at radius 3 is 3.05 bits per heavy atom. The van der Waals surface area contributed by atoms with Crippen molar-refractivity contribution in [3.8, 4) is 0 Å². The first kappa shape index (κ1) is 12.6. The van der Waals surface area contributed by atoms with Crippen molar-refractivity contribution in [2.24, 2.45) is 0 Å². The zero-order chi connectivity index (χ0) is 14.2. The highest BCUT2D eigenvalue weighted by atomic mass is 35.5. The van der Waals surface area contributed by atoms with Gasteiger partial charge in [0, 0.05) is 12.7 Å². The summed E-state index contributed by atoms with van der Waals surface area (Å²) >= 11 is 7.49. The lowest BCUT2D eigenvalue weighted by Gasteiger charge is -2.09. The predicted molar refractivity (Wildman–Crippen MR) is 88.1 cm³/mol. The molecule has 2 N–H and O–H groups in total. The lowest BCUT2D eigenvalue weighted by molar-refractivity contribution is 1.16. The van der Waals surface area contributed by atoms with Crippen molar-refractivity contribution in [1.29, 1.82) is 0 Å². The van der Waals surface area contributed by atoms with Gasteiger partial charge < -0.3 is 10.3 Å². The van der Waals surface area contributed by atoms with Crippen molar-refractivity contribution in [2.75, 3.05) is 5.32 Å². The Labute approximate surface area is 130 Å². The van der Waals surface area contributed by atoms with Crippen LogP contribution in [0.2, 0.25) is 5.02 Å². The molecule has 0 fully saturated rings. The number of nitrogens with zero attached hydrogens (tertiary/aromatic N) is 2. The molecule has 4 rings (SSSR count). The highest BCUT2D eigenvalue weighted by Crippen LogP contribution is 2.30. The van der Waals surface area contributed by atoms with Gasteiger partial charge in [-0.05, 0) is 29.1 Å². The zero-order valence-corrected chi connectivity index (χ0v) is 12.5. The third-order valence-electron chi connectivity index (χ3n) is 3.51. The third kappa shape index (κ3) is 2.14. The van der Waals surface area contributed by atoms with E-state index in [9.17, 15) is 0 Å². The Balaban J connectivity index is 1.71. The number of para-hydroxylation sites is 1. The van der Waals surface area contributed by atoms with E-state index in [1.54, 1.807) is 0 Å². The topological polar surface area (TPSA) is 53.6 Å². The SMILES string of the molecule is Clc1ccc2nsnc2c1NCc1cccc2cc[nH]c12. The van der Waals surface area contributed by atoms with Gasteiger partial charge in [0.1, 0.15) is 11.0 Å². The standard InChI is InChI=1S/C15H11ClN4S/c16-11-4-5-12-15(20-21-19-12)14(11)18-8-10-3-1-2-9-6-7-17-13(9)10/h1-7,17-18H,8H2. The fourth-order valence-electron chi connectivity index (χ4n) is 2.48. The number of halogens is 1. The molecule has 0 aliphatic heterocycles. The lowest BCUT2D eigenvalue weighted by Crippen LogP contribution is -2.01. The first-order valence-corrected chi connectivity index (χ1v) is 7.63. The van der Waals surface area contributed by atoms with Crippen LogP contribution >= 0.6 is 23.3 Å². The van der Waals surface area contributed by atoms with E-state index in [-0.39, 0.29) is 0 Å². The minimum absolute atomic E-state index is 0.661. The maximum Gasteiger partial charge on any atom is 0.129 e. The molecule has 4 nitrogen and oxygen atoms in total. The highest BCUT2D eigenvalue weighted by Gasteiger charge is 2.10. The Morgan fingerprint density at radius 2 is 2.10 bits per heavy atom. The molecule has 0 amide bonds. The maximum absolute atomic E-state index is 6.29. The molecule has 0 bridgehead atoms. The van der Waals surface area contributed by atoms with Crippen molar-refractivity contribution in [1.82, 2.24) is 13.7 Å². The number of fused-ring (bicyclic) bond motifs is 2. The molecule has 4 aromatic rings. The van der Waals surface area contributed by atoms with Gasteiger partial charge in [-0.25, -0.2) is 0 Å². The Morgan fingerprint density at radius 1 is 1.14 bits per heavy atom. The molecule has 2 aromatic heterocycles. The largest absolute Gasteiger partial charge is 0.378 e. The minimum atomic E-state index is 0.661. The Bertz CT molecular complexity index is 928. The number of benzene rings is 2. The molecular formula is C15H11ClN4S. The summed E-state index contributed by atoms with van der Waals surface area (Å²) in [6.45, 7) is 0.675. The summed E-state index contributed by atoms with van der Waals surface area (Å²) in [6.07, 6.45) is 1.95. The average Bonchev–Trinajstić information content (AvgIpc) is 3.14. The fourth-order valence-corrected chi connectivity index (χ4v) is 3.24. The van der Waals surface area contributed by atoms with Crippen molar-refractivity contribution in [3.05, 3.63) is 53.2 Å². The molecule has 104 valence electrons. The molecule has 0 saturated heterocycles. The van der Waals surface area contributed by atoms with Gasteiger partial charge in [-0.1, -0.05) is 29.8 Å². The molecule has 0 aliphatic rings. The van der Waals surface area contributed by atoms with Gasteiger partial charge in [0.25, 0.3) is 0 Å². The number of hydrogen-bond acceptors (Lipinski definition) is 4. The second-order valence-electron chi connectivity index (χ2n) is 4.77. The van der Waals surface area contributed by atoms with Crippen LogP contribution in [0.15, 0.2) is 42.6 Å². The summed E-state index contributed by atoms with van der Waals surface area (Å²) in [6, 6.07) is 12.0. The molecule has 0 aliphatic carbocycles. The summed E-state index contributed by atoms with van der Waals surface area (Å²) < 4.78 is 8.56. The summed E-state index contributed by atoms with van der Waals surface area (Å²) in [5.41, 5.74) is 4.86. The van der Waals surface area contributed by atoms with Crippen LogP contribution in [0.3, 0.4) is 0 Å². The number of nitrogens with one attached hydrogen (secondary N) is 2. The van der Waals surface area contributed by atoms with E-state index in [2.05, 4.69) is 43.3 Å². The van der Waals surface area contributed by atoms with Crippen LogP contribution in [-0.2, 0) is 6.54 Å². The van der Waals surface area contributed by atoms with Gasteiger partial charge in [0.15, 0.2) is 0 Å². The summed E-state index contributed by atoms with van der Waals surface area (Å²) in [4.78, 5) is 3.27. The number of rotatable bonds is 3. The van der Waals surface area contributed by atoms with Crippen LogP contribution in [0.1, 0.15) is 5.56 Å². The van der Waals surface area contributed by atoms with Gasteiger partial charge in [-0.3, -0.25) is 0 Å². The van der Waals surface area contributed by atoms with E-state index >= 15 is 0 Å². The van der Waals surface area contributed by atoms with Gasteiger partial charge in [-0.2, -0.15) is 8.75 Å². The van der Waals surface area contributed by atoms with E-state index < -0.39 is 0 Å². The number of aromatic amines is 1. The molecule has 0 unspecified atom stereocenters. The van der Waals surface area contributed by atoms with Crippen molar-refractivity contribution >= 4 is 51.0 Å². The van der Waals surface area contributed by atoms with E-state index in [0.29, 0.717) is 11.6 Å². The highest BCUT2D eigenvalue weighted by molar-refractivity contribution is 7.00. The quantitative estimate of drug-likeness (QED) is 0.588. The normalized spacial score (nSPS) is 11.3. The molecule has 0 spiro atoms. The smallest absolute Gasteiger partial charge is 0.129 e. The molecule has 0 saturated carbocycles. The van der Waals surface area contributed by atoms with Crippen LogP contribution in [0.5, 0.6) is 0 Å². The molecule has 6 heteroatoms. The van der Waals surface area contributed by atoms with Crippen LogP contribution < -0.4 is 5.32 Å². The summed E-state index contributed by atoms with van der Waals surface area (Å²) in [7, 11) is 0. The minimum Gasteiger partial charge on any atom is -0.378 e. The van der Waals surface area contributed by atoms with Gasteiger partial charge in [0.2, 0.25) is 0 Å². The fraction of sp³-hybridized carbons (Fsp3) is 0.0667. The van der Waals surface area contributed by atoms with Gasteiger partial charge >= 0.3 is 0 Å². The van der Waals surface area contributed by atoms with Gasteiger partial charge in [0.05, 0.1) is 28.0 Å². The van der Waals surface area contributed by atoms with Crippen LogP contribution in [0, 0.1) is 0 Å². The van der Waals surface area contributed by atoms with E-state index in [0.717, 1.165) is 22.2 Å². The lowest BCUT2D eigenvalue weighted by atomic mass is 10.1. The average molecular weight is 315 g/mol. The monoisotopic (exact) mass is 314 g/mol. The van der Waals surface area contributed by atoms with E-state index in [4.69, 9.17) is 11.6 Å². The number of anilines is 1. The maximum atomic E-state index is 6.29. The van der Waals surface area contributed by atoms with Crippen molar-refractivity contribution < 1.29 is 0 Å². The molecule has 2 heterocycles. The molecular weight excluding hydrogens is 304 g/mol. The van der Waals surface area contributed by atoms with Crippen molar-refractivity contribution in [2.45, 2.75) is 6.54 Å². The third-order valence-corrected chi connectivity index (χ3v) is 4.36. The summed E-state index contributed by atoms with van der Waals surface area (Å²) in [5, 5.41) is 5.26. The zero-order valence-electron chi connectivity index (χ0n) is 10.9. The van der Waals surface area contributed by atoms with E-state index in [1.165, 1.54) is 22.7 Å². The molecule has 21 heavy (non-hydrogen) atoms. The first-order chi connectivity index (χ1) is 10.3. The molecule has 0 radical (unpaired) electrons. The van der Waals surface area contributed by atoms with Crippen LogP contribution in [0.25, 0.3) is 21.9 Å². The molecule has 2 aromatic carbocycles. The predicted octanol–water partition coefficient (Wildman–Crippen LogP) is 4.44. The number of H-pyrrole nitrogens is 1. The van der Waals surface area contributed by atoms with Crippen LogP contribution in [0.4, 0.5) is 5.69 Å². The number of aromatic nitrogens is 3. The van der Waals surface area contributed by atoms with E-state index in [1.807, 2.05) is 18.3 Å².